The SMILES string of the molecule is C=C(C)N(C)Cc1cccnc1.C=C(C)N(C)Cc1cncs1.CC.CC. The molecule has 0 saturated heterocycles. The Morgan fingerprint density at radius 1 is 0.926 bits per heavy atom. The first kappa shape index (κ1) is 27.1. The van der Waals surface area contributed by atoms with Crippen LogP contribution >= 0.6 is 11.3 Å². The van der Waals surface area contributed by atoms with Crippen LogP contribution in [-0.2, 0) is 13.1 Å². The van der Waals surface area contributed by atoms with E-state index in [9.17, 15) is 0 Å². The molecule has 5 heteroatoms. The van der Waals surface area contributed by atoms with Crippen molar-refractivity contribution in [2.75, 3.05) is 14.1 Å². The van der Waals surface area contributed by atoms with Gasteiger partial charge in [0.1, 0.15) is 0 Å². The molecule has 2 aromatic heterocycles. The summed E-state index contributed by atoms with van der Waals surface area (Å²) < 4.78 is 0. The van der Waals surface area contributed by atoms with E-state index in [1.54, 1.807) is 17.5 Å². The smallest absolute Gasteiger partial charge is 0.0794 e. The molecule has 0 amide bonds. The zero-order chi connectivity index (χ0) is 21.2. The van der Waals surface area contributed by atoms with E-state index in [0.717, 1.165) is 24.5 Å². The maximum absolute atomic E-state index is 4.04. The van der Waals surface area contributed by atoms with E-state index in [4.69, 9.17) is 0 Å². The zero-order valence-corrected chi connectivity index (χ0v) is 19.3. The van der Waals surface area contributed by atoms with Gasteiger partial charge in [-0.15, -0.1) is 11.3 Å². The van der Waals surface area contributed by atoms with Crippen LogP contribution in [0.4, 0.5) is 0 Å². The number of thiazole rings is 1. The monoisotopic (exact) mass is 390 g/mol. The van der Waals surface area contributed by atoms with Crippen LogP contribution in [0.15, 0.2) is 60.8 Å². The average Bonchev–Trinajstić information content (AvgIpc) is 3.19. The molecule has 0 aromatic carbocycles. The van der Waals surface area contributed by atoms with Crippen molar-refractivity contribution in [1.82, 2.24) is 19.8 Å². The van der Waals surface area contributed by atoms with Gasteiger partial charge in [0.2, 0.25) is 0 Å². The number of hydrogen-bond donors (Lipinski definition) is 0. The summed E-state index contributed by atoms with van der Waals surface area (Å²) in [6, 6.07) is 4.01. The van der Waals surface area contributed by atoms with Gasteiger partial charge in [-0.1, -0.05) is 46.9 Å². The number of rotatable bonds is 6. The van der Waals surface area contributed by atoms with Crippen molar-refractivity contribution in [3.05, 3.63) is 71.2 Å². The predicted octanol–water partition coefficient (Wildman–Crippen LogP) is 6.21. The summed E-state index contributed by atoms with van der Waals surface area (Å²) in [5.41, 5.74) is 5.21. The zero-order valence-electron chi connectivity index (χ0n) is 18.5. The number of hydrogen-bond acceptors (Lipinski definition) is 5. The van der Waals surface area contributed by atoms with Gasteiger partial charge in [0.15, 0.2) is 0 Å². The molecule has 27 heavy (non-hydrogen) atoms. The third-order valence-corrected chi connectivity index (χ3v) is 4.09. The summed E-state index contributed by atoms with van der Waals surface area (Å²) in [7, 11) is 4.05. The summed E-state index contributed by atoms with van der Waals surface area (Å²) in [6.07, 6.45) is 5.55. The van der Waals surface area contributed by atoms with Gasteiger partial charge in [0.25, 0.3) is 0 Å². The second-order valence-electron chi connectivity index (χ2n) is 5.51. The van der Waals surface area contributed by atoms with Crippen LogP contribution in [0.3, 0.4) is 0 Å². The van der Waals surface area contributed by atoms with Crippen LogP contribution in [0.2, 0.25) is 0 Å². The van der Waals surface area contributed by atoms with Gasteiger partial charge in [-0.3, -0.25) is 9.97 Å². The Morgan fingerprint density at radius 3 is 1.89 bits per heavy atom. The second kappa shape index (κ2) is 17.3. The fraction of sp³-hybridized carbons (Fsp3) is 0.455. The molecule has 0 fully saturated rings. The molecule has 0 aliphatic rings. The van der Waals surface area contributed by atoms with Crippen LogP contribution in [-0.4, -0.2) is 33.9 Å². The topological polar surface area (TPSA) is 32.3 Å². The van der Waals surface area contributed by atoms with Gasteiger partial charge < -0.3 is 9.80 Å². The third-order valence-electron chi connectivity index (χ3n) is 3.32. The Morgan fingerprint density at radius 2 is 1.48 bits per heavy atom. The molecule has 0 unspecified atom stereocenters. The minimum absolute atomic E-state index is 0.878. The van der Waals surface area contributed by atoms with E-state index < -0.39 is 0 Å². The van der Waals surface area contributed by atoms with Crippen molar-refractivity contribution in [3.8, 4) is 0 Å². The largest absolute Gasteiger partial charge is 0.374 e. The van der Waals surface area contributed by atoms with Gasteiger partial charge in [-0.05, 0) is 25.5 Å². The minimum Gasteiger partial charge on any atom is -0.374 e. The lowest BCUT2D eigenvalue weighted by Gasteiger charge is -2.18. The van der Waals surface area contributed by atoms with Gasteiger partial charge in [0.05, 0.1) is 12.1 Å². The first-order chi connectivity index (χ1) is 12.9. The average molecular weight is 391 g/mol. The summed E-state index contributed by atoms with van der Waals surface area (Å²) in [6.45, 7) is 21.5. The highest BCUT2D eigenvalue weighted by Crippen LogP contribution is 2.10. The first-order valence-electron chi connectivity index (χ1n) is 9.39. The number of aromatic nitrogens is 2. The van der Waals surface area contributed by atoms with Crippen molar-refractivity contribution in [3.63, 3.8) is 0 Å². The van der Waals surface area contributed by atoms with E-state index in [2.05, 4.69) is 39.0 Å². The van der Waals surface area contributed by atoms with Crippen LogP contribution < -0.4 is 0 Å². The quantitative estimate of drug-likeness (QED) is 0.587. The van der Waals surface area contributed by atoms with Crippen molar-refractivity contribution in [2.45, 2.75) is 54.6 Å². The molecule has 0 spiro atoms. The lowest BCUT2D eigenvalue weighted by atomic mass is 10.2. The second-order valence-corrected chi connectivity index (χ2v) is 6.48. The van der Waals surface area contributed by atoms with Crippen LogP contribution in [0.5, 0.6) is 0 Å². The Hall–Kier alpha value is -2.14. The minimum atomic E-state index is 0.878. The highest BCUT2D eigenvalue weighted by atomic mass is 32.1. The molecule has 0 aliphatic carbocycles. The third kappa shape index (κ3) is 13.7. The maximum atomic E-state index is 4.04. The fourth-order valence-corrected chi connectivity index (χ4v) is 2.24. The summed E-state index contributed by atoms with van der Waals surface area (Å²) in [5.74, 6) is 0. The van der Waals surface area contributed by atoms with Crippen molar-refractivity contribution >= 4 is 11.3 Å². The van der Waals surface area contributed by atoms with Crippen LogP contribution in [0.1, 0.15) is 52.0 Å². The Labute approximate surface area is 171 Å². The highest BCUT2D eigenvalue weighted by molar-refractivity contribution is 7.09. The van der Waals surface area contributed by atoms with Gasteiger partial charge >= 0.3 is 0 Å². The number of nitrogens with zero attached hydrogens (tertiary/aromatic N) is 4. The molecule has 0 atom stereocenters. The Balaban J connectivity index is 0. The summed E-state index contributed by atoms with van der Waals surface area (Å²) >= 11 is 1.67. The molecular weight excluding hydrogens is 352 g/mol. The first-order valence-corrected chi connectivity index (χ1v) is 10.3. The molecule has 152 valence electrons. The van der Waals surface area contributed by atoms with Crippen LogP contribution in [0.25, 0.3) is 0 Å². The summed E-state index contributed by atoms with van der Waals surface area (Å²) in [5, 5.41) is 0. The lowest BCUT2D eigenvalue weighted by molar-refractivity contribution is 0.413. The van der Waals surface area contributed by atoms with E-state index in [-0.39, 0.29) is 0 Å². The molecule has 0 N–H and O–H groups in total. The van der Waals surface area contributed by atoms with E-state index in [1.165, 1.54) is 10.4 Å². The molecular formula is C22H38N4S. The van der Waals surface area contributed by atoms with Crippen molar-refractivity contribution in [1.29, 1.82) is 0 Å². The molecule has 0 radical (unpaired) electrons. The lowest BCUT2D eigenvalue weighted by Crippen LogP contribution is -2.14. The Kier molecular flexibility index (Phi) is 17.3. The fourth-order valence-electron chi connectivity index (χ4n) is 1.59. The molecule has 4 nitrogen and oxygen atoms in total. The van der Waals surface area contributed by atoms with E-state index >= 15 is 0 Å². The number of pyridine rings is 1. The van der Waals surface area contributed by atoms with E-state index in [1.807, 2.05) is 79.6 Å². The molecule has 2 heterocycles. The Bertz CT molecular complexity index is 594. The van der Waals surface area contributed by atoms with Gasteiger partial charge in [0, 0.05) is 55.5 Å². The standard InChI is InChI=1S/C10H14N2.C8H12N2S.2C2H6/c1-9(2)12(3)8-10-5-4-6-11-7-10;1-7(2)10(3)5-8-4-9-6-11-8;2*1-2/h4-7H,1,8H2,2-3H3;4,6H,1,5H2,2-3H3;2*1-2H3. The maximum Gasteiger partial charge on any atom is 0.0794 e. The predicted molar refractivity (Wildman–Crippen MR) is 122 cm³/mol. The molecule has 2 aromatic rings. The van der Waals surface area contributed by atoms with Crippen LogP contribution in [0, 0.1) is 0 Å². The van der Waals surface area contributed by atoms with E-state index in [0.29, 0.717) is 0 Å². The molecule has 2 rings (SSSR count). The highest BCUT2D eigenvalue weighted by Gasteiger charge is 1.99. The normalized spacial score (nSPS) is 8.59. The molecule has 0 bridgehead atoms. The molecule has 0 saturated carbocycles. The van der Waals surface area contributed by atoms with Gasteiger partial charge in [-0.2, -0.15) is 0 Å². The van der Waals surface area contributed by atoms with Crippen molar-refractivity contribution in [2.24, 2.45) is 0 Å². The molecule has 0 aliphatic heterocycles. The summed E-state index contributed by atoms with van der Waals surface area (Å²) in [4.78, 5) is 13.5. The number of allylic oxidation sites excluding steroid dienone is 2. The van der Waals surface area contributed by atoms with Gasteiger partial charge in [-0.25, -0.2) is 0 Å². The van der Waals surface area contributed by atoms with Crippen molar-refractivity contribution < 1.29 is 0 Å².